The zero-order chi connectivity index (χ0) is 26.3. The molecule has 0 saturated carbocycles. The largest absolute Gasteiger partial charge is 0.472 e. The number of carbonyl (C=O) groups excluding carboxylic acids is 2. The first-order valence-corrected chi connectivity index (χ1v) is 11.9. The molecule has 0 fully saturated rings. The molecule has 0 spiro atoms. The Morgan fingerprint density at radius 2 is 1.81 bits per heavy atom. The minimum Gasteiger partial charge on any atom is -0.472 e. The molecule has 1 aromatic heterocycles. The molecule has 0 bridgehead atoms. The van der Waals surface area contributed by atoms with Crippen molar-refractivity contribution in [2.75, 3.05) is 13.8 Å². The van der Waals surface area contributed by atoms with E-state index in [-0.39, 0.29) is 40.4 Å². The average Bonchev–Trinajstić information content (AvgIpc) is 3.33. The van der Waals surface area contributed by atoms with Gasteiger partial charge in [-0.25, -0.2) is 9.18 Å². The minimum atomic E-state index is -0.754. The van der Waals surface area contributed by atoms with Crippen LogP contribution in [0.25, 0.3) is 22.3 Å². The van der Waals surface area contributed by atoms with Gasteiger partial charge in [0.15, 0.2) is 6.73 Å². The zero-order valence-corrected chi connectivity index (χ0v) is 21.3. The molecule has 4 aromatic rings. The number of amides is 1. The van der Waals surface area contributed by atoms with Crippen LogP contribution in [0.2, 0.25) is 10.0 Å². The molecule has 0 atom stereocenters. The lowest BCUT2D eigenvalue weighted by molar-refractivity contribution is 0.0515. The fourth-order valence-corrected chi connectivity index (χ4v) is 4.91. The predicted molar refractivity (Wildman–Crippen MR) is 137 cm³/mol. The standard InChI is InChI=1S/C27H20Cl2FN3O4/c1-32-12-18(11-31-32)17-8-21(28)24(22(29)9-17)26(34)33-13-16-4-3-5-19(25(16)37-14-33)15-6-7-20(23(30)10-15)27(35)36-2/h3-12H,13-14H2,1-2H3. The van der Waals surface area contributed by atoms with E-state index in [1.165, 1.54) is 24.1 Å². The van der Waals surface area contributed by atoms with E-state index in [2.05, 4.69) is 9.84 Å². The molecule has 0 aliphatic carbocycles. The quantitative estimate of drug-likeness (QED) is 0.298. The molecule has 0 unspecified atom stereocenters. The molecule has 0 N–H and O–H groups in total. The predicted octanol–water partition coefficient (Wildman–Crippen LogP) is 5.98. The van der Waals surface area contributed by atoms with E-state index in [1.807, 2.05) is 12.3 Å². The number of rotatable bonds is 4. The highest BCUT2D eigenvalue weighted by Crippen LogP contribution is 2.38. The second kappa shape index (κ2) is 9.88. The number of hydrogen-bond donors (Lipinski definition) is 0. The lowest BCUT2D eigenvalue weighted by Gasteiger charge is -2.31. The summed E-state index contributed by atoms with van der Waals surface area (Å²) >= 11 is 13.0. The molecular weight excluding hydrogens is 520 g/mol. The highest BCUT2D eigenvalue weighted by atomic mass is 35.5. The fraction of sp³-hybridized carbons (Fsp3) is 0.148. The van der Waals surface area contributed by atoms with Gasteiger partial charge in [0.05, 0.1) is 41.0 Å². The summed E-state index contributed by atoms with van der Waals surface area (Å²) in [6, 6.07) is 13.0. The number of fused-ring (bicyclic) bond motifs is 1. The van der Waals surface area contributed by atoms with Gasteiger partial charge in [0.25, 0.3) is 5.91 Å². The molecule has 1 aliphatic rings. The number of halogens is 3. The third-order valence-corrected chi connectivity index (χ3v) is 6.69. The number of carbonyl (C=O) groups is 2. The van der Waals surface area contributed by atoms with Crippen LogP contribution in [-0.4, -0.2) is 40.4 Å². The first-order chi connectivity index (χ1) is 17.8. The summed E-state index contributed by atoms with van der Waals surface area (Å²) < 4.78 is 26.8. The van der Waals surface area contributed by atoms with Gasteiger partial charge >= 0.3 is 5.97 Å². The molecule has 37 heavy (non-hydrogen) atoms. The molecule has 5 rings (SSSR count). The summed E-state index contributed by atoms with van der Waals surface area (Å²) in [6.07, 6.45) is 3.51. The van der Waals surface area contributed by atoms with E-state index in [0.29, 0.717) is 16.9 Å². The van der Waals surface area contributed by atoms with Gasteiger partial charge in [0.2, 0.25) is 0 Å². The number of nitrogens with zero attached hydrogens (tertiary/aromatic N) is 3. The number of hydrogen-bond acceptors (Lipinski definition) is 5. The lowest BCUT2D eigenvalue weighted by Crippen LogP contribution is -2.37. The normalized spacial score (nSPS) is 12.6. The van der Waals surface area contributed by atoms with Gasteiger partial charge in [0.1, 0.15) is 11.6 Å². The maximum absolute atomic E-state index is 14.6. The molecular formula is C27H20Cl2FN3O4. The number of methoxy groups -OCH3 is 1. The number of esters is 1. The molecule has 7 nitrogen and oxygen atoms in total. The van der Waals surface area contributed by atoms with Gasteiger partial charge in [0, 0.05) is 29.9 Å². The van der Waals surface area contributed by atoms with Gasteiger partial charge < -0.3 is 14.4 Å². The zero-order valence-electron chi connectivity index (χ0n) is 19.8. The van der Waals surface area contributed by atoms with Crippen LogP contribution in [0.5, 0.6) is 5.75 Å². The van der Waals surface area contributed by atoms with Crippen molar-refractivity contribution in [1.29, 1.82) is 0 Å². The smallest absolute Gasteiger partial charge is 0.340 e. The molecule has 2 heterocycles. The Bertz CT molecular complexity index is 1530. The third-order valence-electron chi connectivity index (χ3n) is 6.09. The van der Waals surface area contributed by atoms with Gasteiger partial charge in [-0.3, -0.25) is 9.48 Å². The van der Waals surface area contributed by atoms with Gasteiger partial charge in [-0.15, -0.1) is 0 Å². The van der Waals surface area contributed by atoms with Gasteiger partial charge in [-0.1, -0.05) is 47.5 Å². The first kappa shape index (κ1) is 24.8. The van der Waals surface area contributed by atoms with E-state index in [1.54, 1.807) is 48.3 Å². The van der Waals surface area contributed by atoms with Crippen LogP contribution in [0.3, 0.4) is 0 Å². The second-order valence-corrected chi connectivity index (χ2v) is 9.29. The summed E-state index contributed by atoms with van der Waals surface area (Å²) in [5.41, 5.74) is 3.49. The second-order valence-electron chi connectivity index (χ2n) is 8.47. The Hall–Kier alpha value is -3.88. The molecule has 0 saturated heterocycles. The Morgan fingerprint density at radius 3 is 2.46 bits per heavy atom. The van der Waals surface area contributed by atoms with Crippen LogP contribution in [0, 0.1) is 5.82 Å². The maximum atomic E-state index is 14.6. The molecule has 0 radical (unpaired) electrons. The third kappa shape index (κ3) is 4.65. The highest BCUT2D eigenvalue weighted by Gasteiger charge is 2.28. The van der Waals surface area contributed by atoms with Crippen LogP contribution in [-0.2, 0) is 18.3 Å². The minimum absolute atomic E-state index is 0.0530. The number of aromatic nitrogens is 2. The summed E-state index contributed by atoms with van der Waals surface area (Å²) in [7, 11) is 3.00. The summed E-state index contributed by atoms with van der Waals surface area (Å²) in [5, 5.41) is 4.59. The monoisotopic (exact) mass is 539 g/mol. The van der Waals surface area contributed by atoms with Gasteiger partial charge in [-0.05, 0) is 35.4 Å². The number of ether oxygens (including phenoxy) is 2. The molecule has 10 heteroatoms. The van der Waals surface area contributed by atoms with Crippen molar-refractivity contribution in [3.63, 3.8) is 0 Å². The number of aryl methyl sites for hydroxylation is 1. The molecule has 1 amide bonds. The van der Waals surface area contributed by atoms with Crippen LogP contribution in [0.15, 0.2) is 60.9 Å². The van der Waals surface area contributed by atoms with Crippen LogP contribution in [0.1, 0.15) is 26.3 Å². The average molecular weight is 540 g/mol. The Morgan fingerprint density at radius 1 is 1.05 bits per heavy atom. The molecule has 3 aromatic carbocycles. The van der Waals surface area contributed by atoms with E-state index >= 15 is 0 Å². The fourth-order valence-electron chi connectivity index (χ4n) is 4.26. The van der Waals surface area contributed by atoms with Gasteiger partial charge in [-0.2, -0.15) is 5.10 Å². The Kier molecular flexibility index (Phi) is 6.62. The topological polar surface area (TPSA) is 73.7 Å². The number of benzene rings is 3. The SMILES string of the molecule is COC(=O)c1ccc(-c2cccc3c2OCN(C(=O)c2c(Cl)cc(-c4cnn(C)c4)cc2Cl)C3)cc1F. The van der Waals surface area contributed by atoms with Crippen molar-refractivity contribution >= 4 is 35.1 Å². The van der Waals surface area contributed by atoms with E-state index in [0.717, 1.165) is 16.7 Å². The van der Waals surface area contributed by atoms with Crippen molar-refractivity contribution in [2.45, 2.75) is 6.54 Å². The Labute approximate surface area is 221 Å². The van der Waals surface area contributed by atoms with Crippen LogP contribution < -0.4 is 4.74 Å². The first-order valence-electron chi connectivity index (χ1n) is 11.2. The lowest BCUT2D eigenvalue weighted by atomic mass is 9.98. The van der Waals surface area contributed by atoms with Crippen molar-refractivity contribution in [1.82, 2.24) is 14.7 Å². The van der Waals surface area contributed by atoms with E-state index in [9.17, 15) is 14.0 Å². The molecule has 1 aliphatic heterocycles. The van der Waals surface area contributed by atoms with Crippen molar-refractivity contribution in [2.24, 2.45) is 7.05 Å². The van der Waals surface area contributed by atoms with E-state index in [4.69, 9.17) is 27.9 Å². The summed E-state index contributed by atoms with van der Waals surface area (Å²) in [5.74, 6) is -1.30. The summed E-state index contributed by atoms with van der Waals surface area (Å²) in [6.45, 7) is 0.185. The number of para-hydroxylation sites is 1. The Balaban J connectivity index is 1.42. The van der Waals surface area contributed by atoms with Crippen LogP contribution >= 0.6 is 23.2 Å². The maximum Gasteiger partial charge on any atom is 0.340 e. The van der Waals surface area contributed by atoms with E-state index < -0.39 is 11.8 Å². The van der Waals surface area contributed by atoms with Crippen molar-refractivity contribution < 1.29 is 23.5 Å². The van der Waals surface area contributed by atoms with Crippen molar-refractivity contribution in [3.8, 4) is 28.0 Å². The van der Waals surface area contributed by atoms with Crippen LogP contribution in [0.4, 0.5) is 4.39 Å². The van der Waals surface area contributed by atoms with Crippen molar-refractivity contribution in [3.05, 3.63) is 93.5 Å². The summed E-state index contributed by atoms with van der Waals surface area (Å²) in [4.78, 5) is 26.6. The molecule has 188 valence electrons. The highest BCUT2D eigenvalue weighted by molar-refractivity contribution is 6.40.